The van der Waals surface area contributed by atoms with Crippen LogP contribution in [0.3, 0.4) is 0 Å². The van der Waals surface area contributed by atoms with Crippen LogP contribution in [0, 0.1) is 6.92 Å². The van der Waals surface area contributed by atoms with Gasteiger partial charge in [-0.05, 0) is 24.6 Å². The number of aryl methyl sites for hydroxylation is 1. The summed E-state index contributed by atoms with van der Waals surface area (Å²) in [6.07, 6.45) is 2.76. The first-order chi connectivity index (χ1) is 15.4. The molecular weight excluding hydrogens is 434 g/mol. The van der Waals surface area contributed by atoms with Gasteiger partial charge in [-0.25, -0.2) is 9.67 Å². The van der Waals surface area contributed by atoms with Gasteiger partial charge in [0.05, 0.1) is 26.1 Å². The molecule has 0 atom stereocenters. The summed E-state index contributed by atoms with van der Waals surface area (Å²) in [6.45, 7) is 1.70. The minimum absolute atomic E-state index is 0.220. The van der Waals surface area contributed by atoms with Gasteiger partial charge in [0.15, 0.2) is 5.65 Å². The summed E-state index contributed by atoms with van der Waals surface area (Å²) in [4.78, 5) is 29.9. The van der Waals surface area contributed by atoms with Crippen molar-refractivity contribution in [2.24, 2.45) is 0 Å². The SMILES string of the molecule is COc1cc(NC(=O)Cn2cnc3c(cnn3-c3cc(Cl)ccc3C)c2=O)cc(OC)c1. The van der Waals surface area contributed by atoms with Crippen LogP contribution in [0.2, 0.25) is 5.02 Å². The Kier molecular flexibility index (Phi) is 5.83. The molecule has 0 spiro atoms. The largest absolute Gasteiger partial charge is 0.497 e. The molecule has 0 saturated carbocycles. The summed E-state index contributed by atoms with van der Waals surface area (Å²) in [5, 5.41) is 7.89. The number of ether oxygens (including phenoxy) is 2. The summed E-state index contributed by atoms with van der Waals surface area (Å²) in [5.41, 5.74) is 2.15. The molecule has 1 N–H and O–H groups in total. The summed E-state index contributed by atoms with van der Waals surface area (Å²) < 4.78 is 13.2. The summed E-state index contributed by atoms with van der Waals surface area (Å²) in [7, 11) is 3.04. The summed E-state index contributed by atoms with van der Waals surface area (Å²) in [5.74, 6) is 0.661. The number of hydrogen-bond acceptors (Lipinski definition) is 6. The van der Waals surface area contributed by atoms with E-state index in [2.05, 4.69) is 15.4 Å². The van der Waals surface area contributed by atoms with Crippen molar-refractivity contribution < 1.29 is 14.3 Å². The zero-order chi connectivity index (χ0) is 22.8. The topological polar surface area (TPSA) is 100 Å². The van der Waals surface area contributed by atoms with Crippen LogP contribution in [-0.2, 0) is 11.3 Å². The molecule has 0 saturated heterocycles. The fourth-order valence-corrected chi connectivity index (χ4v) is 3.45. The summed E-state index contributed by atoms with van der Waals surface area (Å²) >= 11 is 6.12. The van der Waals surface area contributed by atoms with Crippen molar-refractivity contribution in [1.29, 1.82) is 0 Å². The summed E-state index contributed by atoms with van der Waals surface area (Å²) in [6, 6.07) is 10.4. The van der Waals surface area contributed by atoms with E-state index in [4.69, 9.17) is 21.1 Å². The lowest BCUT2D eigenvalue weighted by molar-refractivity contribution is -0.116. The monoisotopic (exact) mass is 453 g/mol. The van der Waals surface area contributed by atoms with Crippen LogP contribution in [0.25, 0.3) is 16.7 Å². The van der Waals surface area contributed by atoms with Gasteiger partial charge < -0.3 is 14.8 Å². The Morgan fingerprint density at radius 1 is 1.12 bits per heavy atom. The van der Waals surface area contributed by atoms with Crippen LogP contribution in [0.15, 0.2) is 53.7 Å². The third-order valence-electron chi connectivity index (χ3n) is 4.90. The molecule has 9 nitrogen and oxygen atoms in total. The minimum Gasteiger partial charge on any atom is -0.497 e. The Morgan fingerprint density at radius 3 is 2.53 bits per heavy atom. The number of nitrogens with one attached hydrogen (secondary N) is 1. The lowest BCUT2D eigenvalue weighted by atomic mass is 10.2. The Hall–Kier alpha value is -3.85. The first-order valence-electron chi connectivity index (χ1n) is 9.62. The highest BCUT2D eigenvalue weighted by molar-refractivity contribution is 6.30. The number of anilines is 1. The maximum absolute atomic E-state index is 12.9. The fourth-order valence-electron chi connectivity index (χ4n) is 3.28. The van der Waals surface area contributed by atoms with E-state index in [1.807, 2.05) is 13.0 Å². The molecule has 2 heterocycles. The van der Waals surface area contributed by atoms with E-state index < -0.39 is 5.91 Å². The van der Waals surface area contributed by atoms with Crippen molar-refractivity contribution in [3.8, 4) is 17.2 Å². The standard InChI is InChI=1S/C22H20ClN5O4/c1-13-4-5-14(23)6-19(13)28-21-18(10-25-28)22(30)27(12-24-21)11-20(29)26-15-7-16(31-2)9-17(8-15)32-3/h4-10,12H,11H2,1-3H3,(H,26,29). The molecule has 0 fully saturated rings. The van der Waals surface area contributed by atoms with E-state index in [1.54, 1.807) is 35.0 Å². The van der Waals surface area contributed by atoms with Gasteiger partial charge >= 0.3 is 0 Å². The second kappa shape index (κ2) is 8.72. The van der Waals surface area contributed by atoms with Crippen molar-refractivity contribution in [3.05, 3.63) is 69.9 Å². The highest BCUT2D eigenvalue weighted by Crippen LogP contribution is 2.26. The molecule has 1 amide bonds. The van der Waals surface area contributed by atoms with Crippen molar-refractivity contribution in [2.75, 3.05) is 19.5 Å². The van der Waals surface area contributed by atoms with Crippen molar-refractivity contribution in [1.82, 2.24) is 19.3 Å². The lowest BCUT2D eigenvalue weighted by Gasteiger charge is -2.11. The van der Waals surface area contributed by atoms with Gasteiger partial charge in [-0.15, -0.1) is 0 Å². The first-order valence-corrected chi connectivity index (χ1v) is 10.00. The Bertz CT molecular complexity index is 1360. The number of aromatic nitrogens is 4. The molecule has 32 heavy (non-hydrogen) atoms. The Morgan fingerprint density at radius 2 is 1.84 bits per heavy atom. The quantitative estimate of drug-likeness (QED) is 0.481. The van der Waals surface area contributed by atoms with E-state index >= 15 is 0 Å². The molecule has 0 aliphatic carbocycles. The molecule has 0 radical (unpaired) electrons. The van der Waals surface area contributed by atoms with Gasteiger partial charge in [-0.3, -0.25) is 14.2 Å². The van der Waals surface area contributed by atoms with Crippen LogP contribution in [-0.4, -0.2) is 39.5 Å². The number of halogens is 1. The van der Waals surface area contributed by atoms with Crippen LogP contribution in [0.1, 0.15) is 5.56 Å². The van der Waals surface area contributed by atoms with Gasteiger partial charge in [-0.2, -0.15) is 5.10 Å². The second-order valence-corrected chi connectivity index (χ2v) is 7.49. The third kappa shape index (κ3) is 4.15. The van der Waals surface area contributed by atoms with E-state index in [-0.39, 0.29) is 12.1 Å². The zero-order valence-corrected chi connectivity index (χ0v) is 18.4. The molecular formula is C22H20ClN5O4. The van der Waals surface area contributed by atoms with E-state index in [0.29, 0.717) is 33.2 Å². The van der Waals surface area contributed by atoms with Crippen molar-refractivity contribution in [3.63, 3.8) is 0 Å². The minimum atomic E-state index is -0.401. The molecule has 4 rings (SSSR count). The third-order valence-corrected chi connectivity index (χ3v) is 5.14. The van der Waals surface area contributed by atoms with E-state index in [0.717, 1.165) is 11.3 Å². The van der Waals surface area contributed by atoms with Crippen LogP contribution in [0.4, 0.5) is 5.69 Å². The normalized spacial score (nSPS) is 10.9. The second-order valence-electron chi connectivity index (χ2n) is 7.05. The number of methoxy groups -OCH3 is 2. The smallest absolute Gasteiger partial charge is 0.264 e. The average molecular weight is 454 g/mol. The average Bonchev–Trinajstić information content (AvgIpc) is 3.21. The molecule has 0 bridgehead atoms. The first kappa shape index (κ1) is 21.4. The zero-order valence-electron chi connectivity index (χ0n) is 17.6. The molecule has 2 aromatic carbocycles. The van der Waals surface area contributed by atoms with Gasteiger partial charge in [0.1, 0.15) is 29.8 Å². The fraction of sp³-hybridized carbons (Fsp3) is 0.182. The number of hydrogen-bond donors (Lipinski definition) is 1. The molecule has 0 aliphatic heterocycles. The molecule has 4 aromatic rings. The molecule has 0 unspecified atom stereocenters. The Balaban J connectivity index is 1.61. The van der Waals surface area contributed by atoms with Crippen molar-refractivity contribution >= 4 is 34.2 Å². The number of nitrogens with zero attached hydrogens (tertiary/aromatic N) is 4. The number of carbonyl (C=O) groups is 1. The maximum Gasteiger partial charge on any atom is 0.264 e. The van der Waals surface area contributed by atoms with Crippen molar-refractivity contribution in [2.45, 2.75) is 13.5 Å². The number of rotatable bonds is 6. The van der Waals surface area contributed by atoms with E-state index in [9.17, 15) is 9.59 Å². The van der Waals surface area contributed by atoms with Gasteiger partial charge in [0.2, 0.25) is 5.91 Å². The molecule has 164 valence electrons. The number of fused-ring (bicyclic) bond motifs is 1. The number of benzene rings is 2. The van der Waals surface area contributed by atoms with Crippen LogP contribution in [0.5, 0.6) is 11.5 Å². The van der Waals surface area contributed by atoms with Gasteiger partial charge in [0, 0.05) is 28.9 Å². The highest BCUT2D eigenvalue weighted by atomic mass is 35.5. The van der Waals surface area contributed by atoms with Crippen LogP contribution < -0.4 is 20.3 Å². The lowest BCUT2D eigenvalue weighted by Crippen LogP contribution is -2.27. The number of amides is 1. The predicted octanol–water partition coefficient (Wildman–Crippen LogP) is 3.20. The van der Waals surface area contributed by atoms with Gasteiger partial charge in [0.25, 0.3) is 5.56 Å². The van der Waals surface area contributed by atoms with E-state index in [1.165, 1.54) is 31.3 Å². The molecule has 2 aromatic heterocycles. The number of carbonyl (C=O) groups excluding carboxylic acids is 1. The molecule has 0 aliphatic rings. The van der Waals surface area contributed by atoms with Crippen LogP contribution >= 0.6 is 11.6 Å². The van der Waals surface area contributed by atoms with Gasteiger partial charge in [-0.1, -0.05) is 17.7 Å². The highest BCUT2D eigenvalue weighted by Gasteiger charge is 2.15. The molecule has 10 heteroatoms. The predicted molar refractivity (Wildman–Crippen MR) is 121 cm³/mol. The maximum atomic E-state index is 12.9. The Labute approximate surface area is 188 Å².